The summed E-state index contributed by atoms with van der Waals surface area (Å²) < 4.78 is 21.6. The molecule has 154 valence electrons. The van der Waals surface area contributed by atoms with Crippen molar-refractivity contribution in [2.24, 2.45) is 0 Å². The number of likely N-dealkylation sites (N-methyl/N-ethyl adjacent to an activating group) is 1. The molecule has 0 aliphatic carbocycles. The van der Waals surface area contributed by atoms with Gasteiger partial charge in [0, 0.05) is 13.1 Å². The molecule has 2 aromatic carbocycles. The molecule has 1 aliphatic rings. The number of rotatable bonds is 7. The third-order valence-corrected chi connectivity index (χ3v) is 4.62. The molecule has 7 nitrogen and oxygen atoms in total. The highest BCUT2D eigenvalue weighted by Gasteiger charge is 2.19. The minimum Gasteiger partial charge on any atom is -0.496 e. The number of carbonyl (C=O) groups is 2. The van der Waals surface area contributed by atoms with Crippen LogP contribution in [0, 0.1) is 6.92 Å². The van der Waals surface area contributed by atoms with Crippen LogP contribution in [0.5, 0.6) is 17.2 Å². The number of benzene rings is 2. The van der Waals surface area contributed by atoms with Crippen LogP contribution in [0.25, 0.3) is 0 Å². The summed E-state index contributed by atoms with van der Waals surface area (Å²) in [6.45, 7) is 5.31. The first-order valence-corrected chi connectivity index (χ1v) is 9.50. The van der Waals surface area contributed by atoms with Crippen molar-refractivity contribution >= 4 is 11.9 Å². The van der Waals surface area contributed by atoms with Crippen LogP contribution in [-0.4, -0.2) is 50.3 Å². The van der Waals surface area contributed by atoms with E-state index in [1.807, 2.05) is 38.1 Å². The number of hydrogen-bond acceptors (Lipinski definition) is 6. The van der Waals surface area contributed by atoms with Gasteiger partial charge in [-0.25, -0.2) is 4.79 Å². The van der Waals surface area contributed by atoms with Crippen LogP contribution in [0.2, 0.25) is 0 Å². The first-order chi connectivity index (χ1) is 14.0. The summed E-state index contributed by atoms with van der Waals surface area (Å²) in [4.78, 5) is 26.6. The molecule has 2 aromatic rings. The fourth-order valence-electron chi connectivity index (χ4n) is 3.06. The Hall–Kier alpha value is -3.22. The quantitative estimate of drug-likeness (QED) is 0.667. The molecular formula is C22H25NO6. The second kappa shape index (κ2) is 9.32. The maximum Gasteiger partial charge on any atom is 0.342 e. The highest BCUT2D eigenvalue weighted by atomic mass is 16.6. The average Bonchev–Trinajstić information content (AvgIpc) is 2.75. The molecule has 0 aromatic heterocycles. The predicted molar refractivity (Wildman–Crippen MR) is 107 cm³/mol. The number of methoxy groups -OCH3 is 1. The van der Waals surface area contributed by atoms with E-state index in [-0.39, 0.29) is 12.5 Å². The number of nitrogens with zero attached hydrogens (tertiary/aromatic N) is 1. The van der Waals surface area contributed by atoms with Crippen LogP contribution >= 0.6 is 0 Å². The number of carbonyl (C=O) groups excluding carboxylic acids is 2. The molecule has 0 N–H and O–H groups in total. The molecule has 0 bridgehead atoms. The molecule has 1 heterocycles. The first kappa shape index (κ1) is 20.5. The van der Waals surface area contributed by atoms with Gasteiger partial charge >= 0.3 is 5.97 Å². The number of esters is 1. The van der Waals surface area contributed by atoms with E-state index in [9.17, 15) is 9.59 Å². The molecule has 7 heteroatoms. The second-order valence-electron chi connectivity index (χ2n) is 6.67. The maximum atomic E-state index is 12.6. The lowest BCUT2D eigenvalue weighted by Crippen LogP contribution is -2.34. The largest absolute Gasteiger partial charge is 0.496 e. The molecule has 1 aliphatic heterocycles. The molecular weight excluding hydrogens is 374 g/mol. The Kier molecular flexibility index (Phi) is 6.59. The number of fused-ring (bicyclic) bond motifs is 1. The van der Waals surface area contributed by atoms with Crippen molar-refractivity contribution in [2.75, 3.05) is 33.5 Å². The van der Waals surface area contributed by atoms with Gasteiger partial charge in [0.05, 0.1) is 7.11 Å². The van der Waals surface area contributed by atoms with Crippen molar-refractivity contribution in [1.82, 2.24) is 4.90 Å². The minimum atomic E-state index is -0.589. The van der Waals surface area contributed by atoms with E-state index in [1.54, 1.807) is 17.0 Å². The molecule has 0 saturated heterocycles. The summed E-state index contributed by atoms with van der Waals surface area (Å²) in [5.74, 6) is 0.930. The van der Waals surface area contributed by atoms with Crippen molar-refractivity contribution in [2.45, 2.75) is 20.4 Å². The lowest BCUT2D eigenvalue weighted by atomic mass is 10.1. The number of hydrogen-bond donors (Lipinski definition) is 0. The zero-order chi connectivity index (χ0) is 20.8. The summed E-state index contributed by atoms with van der Waals surface area (Å²) in [5.41, 5.74) is 2.11. The molecule has 0 fully saturated rings. The van der Waals surface area contributed by atoms with E-state index in [0.717, 1.165) is 11.1 Å². The summed E-state index contributed by atoms with van der Waals surface area (Å²) in [5, 5.41) is 0. The van der Waals surface area contributed by atoms with E-state index in [1.165, 1.54) is 7.11 Å². The smallest absolute Gasteiger partial charge is 0.342 e. The monoisotopic (exact) mass is 399 g/mol. The normalized spacial score (nSPS) is 12.2. The highest BCUT2D eigenvalue weighted by Crippen LogP contribution is 2.31. The van der Waals surface area contributed by atoms with Crippen molar-refractivity contribution in [3.63, 3.8) is 0 Å². The van der Waals surface area contributed by atoms with Gasteiger partial charge in [-0.15, -0.1) is 0 Å². The maximum absolute atomic E-state index is 12.6. The molecule has 3 rings (SSSR count). The lowest BCUT2D eigenvalue weighted by molar-refractivity contribution is -0.134. The number of ether oxygens (including phenoxy) is 4. The highest BCUT2D eigenvalue weighted by molar-refractivity contribution is 5.94. The van der Waals surface area contributed by atoms with Gasteiger partial charge in [0.25, 0.3) is 5.91 Å². The van der Waals surface area contributed by atoms with Crippen molar-refractivity contribution < 1.29 is 28.5 Å². The molecule has 29 heavy (non-hydrogen) atoms. The van der Waals surface area contributed by atoms with Gasteiger partial charge in [0.2, 0.25) is 0 Å². The van der Waals surface area contributed by atoms with Crippen molar-refractivity contribution in [1.29, 1.82) is 0 Å². The van der Waals surface area contributed by atoms with E-state index < -0.39 is 5.97 Å². The van der Waals surface area contributed by atoms with Crippen LogP contribution < -0.4 is 14.2 Å². The van der Waals surface area contributed by atoms with Crippen LogP contribution in [0.3, 0.4) is 0 Å². The van der Waals surface area contributed by atoms with Gasteiger partial charge in [-0.1, -0.05) is 17.7 Å². The summed E-state index contributed by atoms with van der Waals surface area (Å²) in [7, 11) is 1.48. The van der Waals surface area contributed by atoms with Crippen LogP contribution in [-0.2, 0) is 16.1 Å². The Labute approximate surface area is 170 Å². The van der Waals surface area contributed by atoms with Crippen molar-refractivity contribution in [3.05, 3.63) is 53.1 Å². The SMILES string of the molecule is CCN(Cc1ccc2c(c1)OCCO2)C(=O)COC(=O)c1cc(C)ccc1OC. The molecule has 1 amide bonds. The van der Waals surface area contributed by atoms with E-state index in [4.69, 9.17) is 18.9 Å². The Bertz CT molecular complexity index is 895. The van der Waals surface area contributed by atoms with Crippen LogP contribution in [0.15, 0.2) is 36.4 Å². The Balaban J connectivity index is 1.61. The molecule has 0 unspecified atom stereocenters. The van der Waals surface area contributed by atoms with E-state index >= 15 is 0 Å². The Morgan fingerprint density at radius 3 is 2.55 bits per heavy atom. The summed E-state index contributed by atoms with van der Waals surface area (Å²) >= 11 is 0. The van der Waals surface area contributed by atoms with Crippen molar-refractivity contribution in [3.8, 4) is 17.2 Å². The average molecular weight is 399 g/mol. The van der Waals surface area contributed by atoms with Gasteiger partial charge in [-0.3, -0.25) is 4.79 Å². The van der Waals surface area contributed by atoms with E-state index in [0.29, 0.717) is 49.1 Å². The van der Waals surface area contributed by atoms with Gasteiger partial charge in [0.1, 0.15) is 24.5 Å². The standard InChI is InChI=1S/C22H25NO6/c1-4-23(13-16-6-8-19-20(12-16)28-10-9-27-19)21(24)14-29-22(25)17-11-15(2)5-7-18(17)26-3/h5-8,11-12H,4,9-10,13-14H2,1-3H3. The zero-order valence-corrected chi connectivity index (χ0v) is 16.9. The molecule has 0 saturated carbocycles. The van der Waals surface area contributed by atoms with Gasteiger partial charge in [0.15, 0.2) is 18.1 Å². The molecule has 0 atom stereocenters. The third kappa shape index (κ3) is 4.99. The minimum absolute atomic E-state index is 0.276. The summed E-state index contributed by atoms with van der Waals surface area (Å²) in [6, 6.07) is 10.8. The van der Waals surface area contributed by atoms with E-state index in [2.05, 4.69) is 0 Å². The van der Waals surface area contributed by atoms with Gasteiger partial charge in [-0.2, -0.15) is 0 Å². The first-order valence-electron chi connectivity index (χ1n) is 9.50. The van der Waals surface area contributed by atoms with Crippen LogP contribution in [0.1, 0.15) is 28.4 Å². The molecule has 0 radical (unpaired) electrons. The zero-order valence-electron chi connectivity index (χ0n) is 16.9. The van der Waals surface area contributed by atoms with Gasteiger partial charge in [-0.05, 0) is 43.7 Å². The Morgan fingerprint density at radius 2 is 1.83 bits per heavy atom. The second-order valence-corrected chi connectivity index (χ2v) is 6.67. The third-order valence-electron chi connectivity index (χ3n) is 4.62. The fourth-order valence-corrected chi connectivity index (χ4v) is 3.06. The number of aryl methyl sites for hydroxylation is 1. The van der Waals surface area contributed by atoms with Crippen LogP contribution in [0.4, 0.5) is 0 Å². The summed E-state index contributed by atoms with van der Waals surface area (Å²) in [6.07, 6.45) is 0. The Morgan fingerprint density at radius 1 is 1.07 bits per heavy atom. The number of amides is 1. The molecule has 0 spiro atoms. The lowest BCUT2D eigenvalue weighted by Gasteiger charge is -2.23. The predicted octanol–water partition coefficient (Wildman–Crippen LogP) is 2.98. The topological polar surface area (TPSA) is 74.3 Å². The fraction of sp³-hybridized carbons (Fsp3) is 0.364. The van der Waals surface area contributed by atoms with Gasteiger partial charge < -0.3 is 23.8 Å².